The molecule has 0 aliphatic heterocycles. The maximum Gasteiger partial charge on any atom is 0.143 e. The monoisotopic (exact) mass is 349 g/mol. The number of anilines is 1. The van der Waals surface area contributed by atoms with E-state index in [9.17, 15) is 0 Å². The fourth-order valence-corrected chi connectivity index (χ4v) is 2.61. The molecule has 4 nitrogen and oxygen atoms in total. The minimum Gasteiger partial charge on any atom is -0.381 e. The van der Waals surface area contributed by atoms with E-state index < -0.39 is 0 Å². The van der Waals surface area contributed by atoms with Crippen LogP contribution < -0.4 is 5.32 Å². The van der Waals surface area contributed by atoms with Gasteiger partial charge in [0.1, 0.15) is 11.6 Å². The van der Waals surface area contributed by atoms with Crippen LogP contribution in [0.5, 0.6) is 0 Å². The summed E-state index contributed by atoms with van der Waals surface area (Å²) >= 11 is 2.30. The lowest BCUT2D eigenvalue weighted by atomic mass is 10.1. The predicted octanol–water partition coefficient (Wildman–Crippen LogP) is 2.83. The lowest BCUT2D eigenvalue weighted by Gasteiger charge is -2.13. The molecule has 1 aromatic heterocycles. The molecule has 1 heterocycles. The molecule has 96 valence electrons. The molecular formula is C12H20IN3O. The zero-order chi connectivity index (χ0) is 12.8. The molecule has 0 aromatic carbocycles. The molecule has 0 unspecified atom stereocenters. The molecule has 0 saturated carbocycles. The van der Waals surface area contributed by atoms with E-state index >= 15 is 0 Å². The SMILES string of the molecule is CCOCCc1nc(NC)c(I)c(C(C)C)n1. The summed E-state index contributed by atoms with van der Waals surface area (Å²) in [6.07, 6.45) is 0.763. The number of hydrogen-bond acceptors (Lipinski definition) is 4. The highest BCUT2D eigenvalue weighted by Gasteiger charge is 2.13. The van der Waals surface area contributed by atoms with Crippen molar-refractivity contribution < 1.29 is 4.74 Å². The fraction of sp³-hybridized carbons (Fsp3) is 0.667. The van der Waals surface area contributed by atoms with Gasteiger partial charge in [-0.2, -0.15) is 0 Å². The second-order valence-electron chi connectivity index (χ2n) is 4.04. The summed E-state index contributed by atoms with van der Waals surface area (Å²) in [5.41, 5.74) is 1.11. The number of aromatic nitrogens is 2. The summed E-state index contributed by atoms with van der Waals surface area (Å²) in [4.78, 5) is 9.11. The zero-order valence-corrected chi connectivity index (χ0v) is 13.0. The molecule has 0 aliphatic carbocycles. The molecule has 0 bridgehead atoms. The Morgan fingerprint density at radius 3 is 2.59 bits per heavy atom. The molecule has 1 N–H and O–H groups in total. The Labute approximate surface area is 117 Å². The van der Waals surface area contributed by atoms with Gasteiger partial charge in [0.15, 0.2) is 0 Å². The van der Waals surface area contributed by atoms with Crippen LogP contribution in [0.1, 0.15) is 38.2 Å². The summed E-state index contributed by atoms with van der Waals surface area (Å²) in [5.74, 6) is 2.17. The molecule has 1 aromatic rings. The Morgan fingerprint density at radius 2 is 2.06 bits per heavy atom. The third-order valence-electron chi connectivity index (χ3n) is 2.38. The minimum atomic E-state index is 0.405. The van der Waals surface area contributed by atoms with Gasteiger partial charge >= 0.3 is 0 Å². The van der Waals surface area contributed by atoms with Gasteiger partial charge in [-0.15, -0.1) is 0 Å². The summed E-state index contributed by atoms with van der Waals surface area (Å²) in [5, 5.41) is 3.12. The third kappa shape index (κ3) is 4.06. The van der Waals surface area contributed by atoms with Crippen LogP contribution in [-0.4, -0.2) is 30.2 Å². The molecule has 0 amide bonds. The first-order valence-corrected chi connectivity index (χ1v) is 6.99. The van der Waals surface area contributed by atoms with Crippen molar-refractivity contribution in [1.29, 1.82) is 0 Å². The lowest BCUT2D eigenvalue weighted by molar-refractivity contribution is 0.149. The maximum absolute atomic E-state index is 5.34. The van der Waals surface area contributed by atoms with Gasteiger partial charge in [0.05, 0.1) is 15.9 Å². The largest absolute Gasteiger partial charge is 0.381 e. The van der Waals surface area contributed by atoms with E-state index in [0.29, 0.717) is 12.5 Å². The molecule has 0 radical (unpaired) electrons. The van der Waals surface area contributed by atoms with Gasteiger partial charge in [-0.1, -0.05) is 13.8 Å². The van der Waals surface area contributed by atoms with Crippen LogP contribution in [0.25, 0.3) is 0 Å². The van der Waals surface area contributed by atoms with Gasteiger partial charge < -0.3 is 10.1 Å². The fourth-order valence-electron chi connectivity index (χ4n) is 1.48. The van der Waals surface area contributed by atoms with Crippen molar-refractivity contribution in [3.8, 4) is 0 Å². The van der Waals surface area contributed by atoms with E-state index in [2.05, 4.69) is 51.7 Å². The van der Waals surface area contributed by atoms with Crippen LogP contribution in [-0.2, 0) is 11.2 Å². The summed E-state index contributed by atoms with van der Waals surface area (Å²) in [6, 6.07) is 0. The summed E-state index contributed by atoms with van der Waals surface area (Å²) < 4.78 is 6.45. The van der Waals surface area contributed by atoms with Crippen molar-refractivity contribution in [3.63, 3.8) is 0 Å². The first kappa shape index (κ1) is 14.6. The molecular weight excluding hydrogens is 329 g/mol. The quantitative estimate of drug-likeness (QED) is 0.634. The normalized spacial score (nSPS) is 10.9. The average Bonchev–Trinajstić information content (AvgIpc) is 2.30. The molecule has 1 rings (SSSR count). The number of nitrogens with one attached hydrogen (secondary N) is 1. The van der Waals surface area contributed by atoms with E-state index in [-0.39, 0.29) is 0 Å². The first-order valence-electron chi connectivity index (χ1n) is 5.91. The Morgan fingerprint density at radius 1 is 1.35 bits per heavy atom. The number of ether oxygens (including phenoxy) is 1. The van der Waals surface area contributed by atoms with Gasteiger partial charge in [-0.05, 0) is 35.4 Å². The van der Waals surface area contributed by atoms with E-state index in [1.54, 1.807) is 0 Å². The average molecular weight is 349 g/mol. The van der Waals surface area contributed by atoms with Gasteiger partial charge in [0.25, 0.3) is 0 Å². The lowest BCUT2D eigenvalue weighted by Crippen LogP contribution is -2.10. The Kier molecular flexibility index (Phi) is 6.11. The van der Waals surface area contributed by atoms with Crippen LogP contribution in [0, 0.1) is 3.57 Å². The van der Waals surface area contributed by atoms with Gasteiger partial charge in [-0.25, -0.2) is 9.97 Å². The zero-order valence-electron chi connectivity index (χ0n) is 10.9. The molecule has 0 atom stereocenters. The highest BCUT2D eigenvalue weighted by molar-refractivity contribution is 14.1. The van der Waals surface area contributed by atoms with E-state index in [1.807, 2.05) is 14.0 Å². The second-order valence-corrected chi connectivity index (χ2v) is 5.12. The smallest absolute Gasteiger partial charge is 0.143 e. The van der Waals surface area contributed by atoms with E-state index in [4.69, 9.17) is 4.74 Å². The first-order chi connectivity index (χ1) is 8.10. The Bertz CT molecular complexity index is 369. The predicted molar refractivity (Wildman–Crippen MR) is 78.6 cm³/mol. The van der Waals surface area contributed by atoms with Crippen molar-refractivity contribution >= 4 is 28.4 Å². The second kappa shape index (κ2) is 7.10. The highest BCUT2D eigenvalue weighted by Crippen LogP contribution is 2.24. The van der Waals surface area contributed by atoms with E-state index in [1.165, 1.54) is 0 Å². The van der Waals surface area contributed by atoms with E-state index in [0.717, 1.165) is 33.9 Å². The topological polar surface area (TPSA) is 47.0 Å². The molecule has 0 saturated heterocycles. The standard InChI is InChI=1S/C12H20IN3O/c1-5-17-7-6-9-15-11(8(2)3)10(13)12(14-4)16-9/h8H,5-7H2,1-4H3,(H,14,15,16). The van der Waals surface area contributed by atoms with Gasteiger partial charge in [0, 0.05) is 20.1 Å². The minimum absolute atomic E-state index is 0.405. The molecule has 5 heteroatoms. The highest BCUT2D eigenvalue weighted by atomic mass is 127. The van der Waals surface area contributed by atoms with Crippen molar-refractivity contribution in [2.45, 2.75) is 33.1 Å². The van der Waals surface area contributed by atoms with Gasteiger partial charge in [0.2, 0.25) is 0 Å². The summed E-state index contributed by atoms with van der Waals surface area (Å²) in [6.45, 7) is 7.71. The molecule has 0 aliphatic rings. The molecule has 0 spiro atoms. The van der Waals surface area contributed by atoms with Crippen molar-refractivity contribution in [2.75, 3.05) is 25.6 Å². The van der Waals surface area contributed by atoms with Crippen LogP contribution in [0.15, 0.2) is 0 Å². The van der Waals surface area contributed by atoms with Crippen LogP contribution in [0.4, 0.5) is 5.82 Å². The number of hydrogen-bond donors (Lipinski definition) is 1. The van der Waals surface area contributed by atoms with Crippen molar-refractivity contribution in [2.24, 2.45) is 0 Å². The van der Waals surface area contributed by atoms with Crippen LogP contribution in [0.2, 0.25) is 0 Å². The molecule has 0 fully saturated rings. The van der Waals surface area contributed by atoms with Crippen molar-refractivity contribution in [1.82, 2.24) is 9.97 Å². The number of nitrogens with zero attached hydrogens (tertiary/aromatic N) is 2. The van der Waals surface area contributed by atoms with Gasteiger partial charge in [-0.3, -0.25) is 0 Å². The molecule has 17 heavy (non-hydrogen) atoms. The van der Waals surface area contributed by atoms with Crippen molar-refractivity contribution in [3.05, 3.63) is 15.1 Å². The third-order valence-corrected chi connectivity index (χ3v) is 3.44. The maximum atomic E-state index is 5.34. The Balaban J connectivity index is 2.94. The number of rotatable bonds is 6. The summed E-state index contributed by atoms with van der Waals surface area (Å²) in [7, 11) is 1.89. The van der Waals surface area contributed by atoms with Crippen LogP contribution in [0.3, 0.4) is 0 Å². The number of halogens is 1. The Hall–Kier alpha value is -0.430. The van der Waals surface area contributed by atoms with Crippen LogP contribution >= 0.6 is 22.6 Å².